The van der Waals surface area contributed by atoms with Crippen LogP contribution >= 0.6 is 0 Å². The van der Waals surface area contributed by atoms with Crippen molar-refractivity contribution in [2.75, 3.05) is 13.7 Å². The molecular weight excluding hydrogens is 330 g/mol. The molecule has 0 fully saturated rings. The van der Waals surface area contributed by atoms with E-state index in [9.17, 15) is 14.4 Å². The SMILES string of the molecule is COC(=O)C(=O)CC(=O)N(CC=C(C)C)Cc1ccc2ccccc2c1. The lowest BCUT2D eigenvalue weighted by atomic mass is 10.1. The summed E-state index contributed by atoms with van der Waals surface area (Å²) in [6.45, 7) is 4.63. The van der Waals surface area contributed by atoms with E-state index in [2.05, 4.69) is 4.74 Å². The van der Waals surface area contributed by atoms with Gasteiger partial charge in [-0.05, 0) is 36.2 Å². The van der Waals surface area contributed by atoms with Crippen molar-refractivity contribution in [3.05, 3.63) is 59.7 Å². The fraction of sp³-hybridized carbons (Fsp3) is 0.286. The van der Waals surface area contributed by atoms with Crippen LogP contribution in [0, 0.1) is 0 Å². The number of methoxy groups -OCH3 is 1. The molecule has 2 rings (SSSR count). The van der Waals surface area contributed by atoms with E-state index in [0.717, 1.165) is 29.0 Å². The van der Waals surface area contributed by atoms with Gasteiger partial charge in [-0.2, -0.15) is 0 Å². The number of nitrogens with zero attached hydrogens (tertiary/aromatic N) is 1. The van der Waals surface area contributed by atoms with Crippen molar-refractivity contribution >= 4 is 28.4 Å². The maximum atomic E-state index is 12.5. The summed E-state index contributed by atoms with van der Waals surface area (Å²) in [7, 11) is 1.13. The Morgan fingerprint density at radius 2 is 1.73 bits per heavy atom. The second-order valence-corrected chi connectivity index (χ2v) is 6.33. The minimum atomic E-state index is -0.994. The summed E-state index contributed by atoms with van der Waals surface area (Å²) >= 11 is 0. The lowest BCUT2D eigenvalue weighted by Crippen LogP contribution is -2.34. The van der Waals surface area contributed by atoms with Gasteiger partial charge in [-0.1, -0.05) is 48.0 Å². The Balaban J connectivity index is 2.19. The zero-order valence-electron chi connectivity index (χ0n) is 15.3. The maximum Gasteiger partial charge on any atom is 0.374 e. The van der Waals surface area contributed by atoms with Gasteiger partial charge in [0.1, 0.15) is 0 Å². The Kier molecular flexibility index (Phi) is 6.67. The summed E-state index contributed by atoms with van der Waals surface area (Å²) in [6.07, 6.45) is 1.43. The number of amides is 1. The van der Waals surface area contributed by atoms with E-state index in [-0.39, 0.29) is 0 Å². The molecule has 5 nitrogen and oxygen atoms in total. The minimum Gasteiger partial charge on any atom is -0.463 e. The number of hydrogen-bond acceptors (Lipinski definition) is 4. The van der Waals surface area contributed by atoms with E-state index >= 15 is 0 Å². The van der Waals surface area contributed by atoms with Crippen LogP contribution in [0.25, 0.3) is 10.8 Å². The first-order valence-corrected chi connectivity index (χ1v) is 8.40. The van der Waals surface area contributed by atoms with Crippen molar-refractivity contribution in [3.63, 3.8) is 0 Å². The monoisotopic (exact) mass is 353 g/mol. The number of rotatable bonds is 7. The maximum absolute atomic E-state index is 12.5. The predicted molar refractivity (Wildman–Crippen MR) is 100 cm³/mol. The number of benzene rings is 2. The third-order valence-electron chi connectivity index (χ3n) is 3.98. The van der Waals surface area contributed by atoms with Gasteiger partial charge in [0.15, 0.2) is 0 Å². The van der Waals surface area contributed by atoms with Crippen molar-refractivity contribution < 1.29 is 19.1 Å². The molecule has 0 aliphatic heterocycles. The van der Waals surface area contributed by atoms with E-state index in [1.165, 1.54) is 0 Å². The largest absolute Gasteiger partial charge is 0.463 e. The first kappa shape index (κ1) is 19.4. The van der Waals surface area contributed by atoms with Crippen LogP contribution in [0.5, 0.6) is 0 Å². The van der Waals surface area contributed by atoms with Crippen LogP contribution in [-0.2, 0) is 25.7 Å². The number of fused-ring (bicyclic) bond motifs is 1. The summed E-state index contributed by atoms with van der Waals surface area (Å²) in [5.41, 5.74) is 2.03. The Morgan fingerprint density at radius 1 is 1.04 bits per heavy atom. The molecule has 0 aliphatic rings. The zero-order valence-corrected chi connectivity index (χ0v) is 15.3. The van der Waals surface area contributed by atoms with Crippen LogP contribution in [0.4, 0.5) is 0 Å². The molecule has 0 radical (unpaired) electrons. The van der Waals surface area contributed by atoms with E-state index in [1.807, 2.05) is 62.4 Å². The van der Waals surface area contributed by atoms with Gasteiger partial charge in [-0.25, -0.2) is 4.79 Å². The molecule has 0 bridgehead atoms. The second-order valence-electron chi connectivity index (χ2n) is 6.33. The number of allylic oxidation sites excluding steroid dienone is 1. The molecule has 0 saturated carbocycles. The topological polar surface area (TPSA) is 63.7 Å². The quantitative estimate of drug-likeness (QED) is 0.332. The molecule has 136 valence electrons. The van der Waals surface area contributed by atoms with Crippen LogP contribution in [0.2, 0.25) is 0 Å². The van der Waals surface area contributed by atoms with Crippen LogP contribution in [0.1, 0.15) is 25.8 Å². The van der Waals surface area contributed by atoms with Gasteiger partial charge in [0.05, 0.1) is 13.5 Å². The number of hydrogen-bond donors (Lipinski definition) is 0. The highest BCUT2D eigenvalue weighted by atomic mass is 16.5. The Hall–Kier alpha value is -2.95. The lowest BCUT2D eigenvalue weighted by Gasteiger charge is -2.21. The minimum absolute atomic E-state index is 0.363. The third kappa shape index (κ3) is 5.28. The molecule has 5 heteroatoms. The van der Waals surface area contributed by atoms with Gasteiger partial charge >= 0.3 is 5.97 Å². The highest BCUT2D eigenvalue weighted by molar-refractivity contribution is 6.36. The molecule has 0 atom stereocenters. The normalized spacial score (nSPS) is 10.3. The summed E-state index contributed by atoms with van der Waals surface area (Å²) in [4.78, 5) is 37.1. The fourth-order valence-electron chi connectivity index (χ4n) is 2.54. The Labute approximate surface area is 153 Å². The molecule has 2 aromatic carbocycles. The van der Waals surface area contributed by atoms with Crippen molar-refractivity contribution in [1.82, 2.24) is 4.90 Å². The molecule has 0 aliphatic carbocycles. The molecule has 0 aromatic heterocycles. The summed E-state index contributed by atoms with van der Waals surface area (Å²) in [5.74, 6) is -2.23. The highest BCUT2D eigenvalue weighted by Crippen LogP contribution is 2.17. The molecule has 1 amide bonds. The lowest BCUT2D eigenvalue weighted by molar-refractivity contribution is -0.153. The highest BCUT2D eigenvalue weighted by Gasteiger charge is 2.22. The third-order valence-corrected chi connectivity index (χ3v) is 3.98. The standard InChI is InChI=1S/C21H23NO4/c1-15(2)10-11-22(20(24)13-19(23)21(25)26-3)14-16-8-9-17-6-4-5-7-18(17)12-16/h4-10,12H,11,13-14H2,1-3H3. The first-order valence-electron chi connectivity index (χ1n) is 8.40. The molecule has 0 heterocycles. The number of ketones is 1. The van der Waals surface area contributed by atoms with E-state index < -0.39 is 24.1 Å². The van der Waals surface area contributed by atoms with Crippen LogP contribution in [0.3, 0.4) is 0 Å². The average molecular weight is 353 g/mol. The van der Waals surface area contributed by atoms with Gasteiger partial charge in [-0.3, -0.25) is 9.59 Å². The van der Waals surface area contributed by atoms with Crippen LogP contribution < -0.4 is 0 Å². The van der Waals surface area contributed by atoms with Gasteiger partial charge in [0.2, 0.25) is 11.7 Å². The van der Waals surface area contributed by atoms with E-state index in [0.29, 0.717) is 13.1 Å². The molecule has 0 N–H and O–H groups in total. The predicted octanol–water partition coefficient (Wildman–Crippen LogP) is 3.27. The van der Waals surface area contributed by atoms with Gasteiger partial charge in [0, 0.05) is 13.1 Å². The van der Waals surface area contributed by atoms with Crippen LogP contribution in [0.15, 0.2) is 54.1 Å². The molecule has 0 unspecified atom stereocenters. The zero-order chi connectivity index (χ0) is 19.1. The van der Waals surface area contributed by atoms with E-state index in [4.69, 9.17) is 0 Å². The fourth-order valence-corrected chi connectivity index (χ4v) is 2.54. The number of carbonyl (C=O) groups excluding carboxylic acids is 3. The smallest absolute Gasteiger partial charge is 0.374 e. The van der Waals surface area contributed by atoms with Crippen molar-refractivity contribution in [2.24, 2.45) is 0 Å². The average Bonchev–Trinajstić information content (AvgIpc) is 2.63. The molecule has 2 aromatic rings. The summed E-state index contributed by atoms with van der Waals surface area (Å²) < 4.78 is 4.39. The van der Waals surface area contributed by atoms with E-state index in [1.54, 1.807) is 4.90 Å². The summed E-state index contributed by atoms with van der Waals surface area (Å²) in [6, 6.07) is 14.0. The number of ether oxygens (including phenoxy) is 1. The second kappa shape index (κ2) is 8.94. The molecular formula is C21H23NO4. The summed E-state index contributed by atoms with van der Waals surface area (Å²) in [5, 5.41) is 2.21. The molecule has 0 spiro atoms. The Bertz CT molecular complexity index is 850. The number of esters is 1. The molecule has 0 saturated heterocycles. The molecule has 26 heavy (non-hydrogen) atoms. The van der Waals surface area contributed by atoms with Crippen LogP contribution in [-0.4, -0.2) is 36.2 Å². The number of carbonyl (C=O) groups is 3. The van der Waals surface area contributed by atoms with Gasteiger partial charge in [-0.15, -0.1) is 0 Å². The first-order chi connectivity index (χ1) is 12.4. The van der Waals surface area contributed by atoms with Crippen molar-refractivity contribution in [2.45, 2.75) is 26.8 Å². The Morgan fingerprint density at radius 3 is 2.38 bits per heavy atom. The van der Waals surface area contributed by atoms with Gasteiger partial charge in [0.25, 0.3) is 0 Å². The van der Waals surface area contributed by atoms with Crippen molar-refractivity contribution in [3.8, 4) is 0 Å². The van der Waals surface area contributed by atoms with Crippen molar-refractivity contribution in [1.29, 1.82) is 0 Å². The van der Waals surface area contributed by atoms with Gasteiger partial charge < -0.3 is 9.64 Å². The number of Topliss-reactive ketones (excluding diaryl/α,β-unsaturated/α-hetero) is 1.